The third-order valence-electron chi connectivity index (χ3n) is 4.49. The van der Waals surface area contributed by atoms with Crippen molar-refractivity contribution in [3.8, 4) is 0 Å². The number of epoxide rings is 1. The third-order valence-corrected chi connectivity index (χ3v) is 4.49. The highest BCUT2D eigenvalue weighted by molar-refractivity contribution is 5.87. The van der Waals surface area contributed by atoms with Crippen molar-refractivity contribution in [2.75, 3.05) is 19.8 Å². The van der Waals surface area contributed by atoms with Crippen LogP contribution >= 0.6 is 0 Å². The van der Waals surface area contributed by atoms with Gasteiger partial charge in [0.15, 0.2) is 5.60 Å². The molecule has 0 aromatic rings. The molecule has 0 radical (unpaired) electrons. The highest BCUT2D eigenvalue weighted by Crippen LogP contribution is 2.33. The minimum atomic E-state index is -0.561. The topological polar surface area (TPSA) is 61.9 Å². The molecular weight excluding hydrogens is 278 g/mol. The number of unbranched alkanes of at least 4 members (excludes halogenated alkanes) is 10. The number of hydrogen-bond donors (Lipinski definition) is 2. The number of carbonyl (C=O) groups is 1. The lowest BCUT2D eigenvalue weighted by Crippen LogP contribution is -2.38. The molecule has 0 aliphatic carbocycles. The molecule has 1 amide bonds. The molecule has 0 bridgehead atoms. The van der Waals surface area contributed by atoms with Gasteiger partial charge in [0.25, 0.3) is 5.91 Å². The van der Waals surface area contributed by atoms with E-state index in [1.165, 1.54) is 64.2 Å². The number of nitrogens with one attached hydrogen (secondary N) is 1. The molecule has 0 spiro atoms. The minimum Gasteiger partial charge on any atom is -0.395 e. The molecule has 1 heterocycles. The van der Waals surface area contributed by atoms with Crippen molar-refractivity contribution in [3.05, 3.63) is 0 Å². The summed E-state index contributed by atoms with van der Waals surface area (Å²) in [4.78, 5) is 11.9. The van der Waals surface area contributed by atoms with Crippen molar-refractivity contribution in [1.29, 1.82) is 0 Å². The molecule has 4 heteroatoms. The van der Waals surface area contributed by atoms with Crippen LogP contribution in [0.5, 0.6) is 0 Å². The van der Waals surface area contributed by atoms with Crippen LogP contribution in [-0.4, -0.2) is 36.4 Å². The van der Waals surface area contributed by atoms with E-state index in [9.17, 15) is 4.79 Å². The smallest absolute Gasteiger partial charge is 0.254 e. The van der Waals surface area contributed by atoms with Crippen LogP contribution in [0.4, 0.5) is 0 Å². The van der Waals surface area contributed by atoms with Crippen molar-refractivity contribution in [3.63, 3.8) is 0 Å². The van der Waals surface area contributed by atoms with Gasteiger partial charge in [-0.15, -0.1) is 0 Å². The first-order valence-corrected chi connectivity index (χ1v) is 9.28. The predicted molar refractivity (Wildman–Crippen MR) is 89.9 cm³/mol. The molecular formula is C18H35NO3. The second kappa shape index (κ2) is 11.9. The molecule has 0 aromatic carbocycles. The Balaban J connectivity index is 1.88. The standard InChI is InChI=1S/C18H35NO3/c1-2-3-4-5-6-7-8-9-10-11-12-13-18(16-22-18)17(21)19-14-15-20/h20H,2-16H2,1H3,(H,19,21). The fraction of sp³-hybridized carbons (Fsp3) is 0.944. The molecule has 2 N–H and O–H groups in total. The molecule has 130 valence electrons. The van der Waals surface area contributed by atoms with Gasteiger partial charge in [-0.05, 0) is 12.8 Å². The SMILES string of the molecule is CCCCCCCCCCCCCC1(C(=O)NCCO)CO1. The number of aliphatic hydroxyl groups is 1. The summed E-state index contributed by atoms with van der Waals surface area (Å²) in [5, 5.41) is 11.4. The molecule has 22 heavy (non-hydrogen) atoms. The molecule has 1 unspecified atom stereocenters. The molecule has 1 fully saturated rings. The largest absolute Gasteiger partial charge is 0.395 e. The maximum Gasteiger partial charge on any atom is 0.254 e. The highest BCUT2D eigenvalue weighted by atomic mass is 16.6. The van der Waals surface area contributed by atoms with Crippen LogP contribution in [-0.2, 0) is 9.53 Å². The molecule has 1 rings (SSSR count). The summed E-state index contributed by atoms with van der Waals surface area (Å²) in [6.07, 6.45) is 15.3. The zero-order valence-corrected chi connectivity index (χ0v) is 14.4. The lowest BCUT2D eigenvalue weighted by atomic mass is 9.99. The normalized spacial score (nSPS) is 20.1. The van der Waals surface area contributed by atoms with Gasteiger partial charge in [0.1, 0.15) is 0 Å². The molecule has 0 aromatic heterocycles. The summed E-state index contributed by atoms with van der Waals surface area (Å²) >= 11 is 0. The average molecular weight is 313 g/mol. The Bertz CT molecular complexity index is 290. The van der Waals surface area contributed by atoms with Crippen LogP contribution in [0.1, 0.15) is 84.0 Å². The number of carbonyl (C=O) groups excluding carboxylic acids is 1. The van der Waals surface area contributed by atoms with E-state index in [-0.39, 0.29) is 12.5 Å². The lowest BCUT2D eigenvalue weighted by molar-refractivity contribution is -0.126. The molecule has 1 aliphatic heterocycles. The first-order chi connectivity index (χ1) is 10.7. The number of aliphatic hydroxyl groups excluding tert-OH is 1. The molecule has 1 atom stereocenters. The minimum absolute atomic E-state index is 0.0136. The van der Waals surface area contributed by atoms with E-state index in [1.54, 1.807) is 0 Å². The maximum atomic E-state index is 11.9. The number of amides is 1. The Labute approximate surface area is 136 Å². The van der Waals surface area contributed by atoms with Crippen molar-refractivity contribution >= 4 is 5.91 Å². The maximum absolute atomic E-state index is 11.9. The van der Waals surface area contributed by atoms with E-state index in [0.29, 0.717) is 13.2 Å². The predicted octanol–water partition coefficient (Wildman–Crippen LogP) is 3.57. The third kappa shape index (κ3) is 8.14. The molecule has 1 saturated heterocycles. The summed E-state index contributed by atoms with van der Waals surface area (Å²) in [7, 11) is 0. The van der Waals surface area contributed by atoms with Gasteiger partial charge in [0, 0.05) is 6.54 Å². The van der Waals surface area contributed by atoms with Crippen molar-refractivity contribution < 1.29 is 14.6 Å². The van der Waals surface area contributed by atoms with Crippen molar-refractivity contribution in [2.45, 2.75) is 89.6 Å². The summed E-state index contributed by atoms with van der Waals surface area (Å²) in [6, 6.07) is 0. The fourth-order valence-corrected chi connectivity index (χ4v) is 2.88. The fourth-order valence-electron chi connectivity index (χ4n) is 2.88. The Kier molecular flexibility index (Phi) is 10.5. The van der Waals surface area contributed by atoms with Gasteiger partial charge in [-0.25, -0.2) is 0 Å². The van der Waals surface area contributed by atoms with E-state index in [2.05, 4.69) is 12.2 Å². The second-order valence-corrected chi connectivity index (χ2v) is 6.55. The van der Waals surface area contributed by atoms with E-state index in [0.717, 1.165) is 12.8 Å². The van der Waals surface area contributed by atoms with E-state index < -0.39 is 5.60 Å². The van der Waals surface area contributed by atoms with Crippen LogP contribution in [0.3, 0.4) is 0 Å². The summed E-state index contributed by atoms with van der Waals surface area (Å²) in [5.74, 6) is -0.0476. The van der Waals surface area contributed by atoms with Gasteiger partial charge < -0.3 is 15.2 Å². The molecule has 1 aliphatic rings. The van der Waals surface area contributed by atoms with Gasteiger partial charge in [-0.2, -0.15) is 0 Å². The summed E-state index contributed by atoms with van der Waals surface area (Å²) in [6.45, 7) is 3.11. The first-order valence-electron chi connectivity index (χ1n) is 9.28. The van der Waals surface area contributed by atoms with Crippen LogP contribution in [0.25, 0.3) is 0 Å². The van der Waals surface area contributed by atoms with Crippen molar-refractivity contribution in [2.24, 2.45) is 0 Å². The van der Waals surface area contributed by atoms with Crippen LogP contribution in [0.2, 0.25) is 0 Å². The van der Waals surface area contributed by atoms with Gasteiger partial charge in [0.2, 0.25) is 0 Å². The second-order valence-electron chi connectivity index (χ2n) is 6.55. The van der Waals surface area contributed by atoms with Crippen LogP contribution < -0.4 is 5.32 Å². The van der Waals surface area contributed by atoms with Gasteiger partial charge in [0.05, 0.1) is 13.2 Å². The van der Waals surface area contributed by atoms with E-state index >= 15 is 0 Å². The zero-order chi connectivity index (χ0) is 16.1. The zero-order valence-electron chi connectivity index (χ0n) is 14.4. The van der Waals surface area contributed by atoms with E-state index in [1.807, 2.05) is 0 Å². The Morgan fingerprint density at radius 1 is 1.00 bits per heavy atom. The van der Waals surface area contributed by atoms with Gasteiger partial charge in [-0.1, -0.05) is 71.1 Å². The lowest BCUT2D eigenvalue weighted by Gasteiger charge is -2.11. The Morgan fingerprint density at radius 2 is 1.50 bits per heavy atom. The quantitative estimate of drug-likeness (QED) is 0.359. The Hall–Kier alpha value is -0.610. The summed E-state index contributed by atoms with van der Waals surface area (Å²) < 4.78 is 5.35. The monoisotopic (exact) mass is 313 g/mol. The summed E-state index contributed by atoms with van der Waals surface area (Å²) in [5.41, 5.74) is -0.561. The number of hydrogen-bond acceptors (Lipinski definition) is 3. The molecule has 0 saturated carbocycles. The number of ether oxygens (including phenoxy) is 1. The van der Waals surface area contributed by atoms with Crippen LogP contribution in [0, 0.1) is 0 Å². The highest BCUT2D eigenvalue weighted by Gasteiger charge is 2.51. The Morgan fingerprint density at radius 3 is 1.95 bits per heavy atom. The average Bonchev–Trinajstić information content (AvgIpc) is 3.31. The molecule has 4 nitrogen and oxygen atoms in total. The first kappa shape index (κ1) is 19.4. The van der Waals surface area contributed by atoms with E-state index in [4.69, 9.17) is 9.84 Å². The van der Waals surface area contributed by atoms with Gasteiger partial charge >= 0.3 is 0 Å². The number of rotatable bonds is 15. The van der Waals surface area contributed by atoms with Crippen LogP contribution in [0.15, 0.2) is 0 Å². The van der Waals surface area contributed by atoms with Crippen molar-refractivity contribution in [1.82, 2.24) is 5.32 Å². The van der Waals surface area contributed by atoms with Gasteiger partial charge in [-0.3, -0.25) is 4.79 Å².